The Morgan fingerprint density at radius 2 is 2.22 bits per heavy atom. The second-order valence-electron chi connectivity index (χ2n) is 5.27. The van der Waals surface area contributed by atoms with E-state index in [-0.39, 0.29) is 5.56 Å². The Bertz CT molecular complexity index is 1050. The summed E-state index contributed by atoms with van der Waals surface area (Å²) in [5.41, 5.74) is 2.55. The molecule has 4 rings (SSSR count). The number of H-pyrrole nitrogens is 2. The van der Waals surface area contributed by atoms with E-state index in [1.54, 1.807) is 27.7 Å². The molecule has 0 saturated heterocycles. The van der Waals surface area contributed by atoms with Crippen molar-refractivity contribution < 1.29 is 0 Å². The first-order valence-electron chi connectivity index (χ1n) is 6.99. The minimum atomic E-state index is -0.237. The molecule has 0 saturated carbocycles. The van der Waals surface area contributed by atoms with Gasteiger partial charge < -0.3 is 9.88 Å². The summed E-state index contributed by atoms with van der Waals surface area (Å²) >= 11 is 0. The van der Waals surface area contributed by atoms with Gasteiger partial charge in [-0.15, -0.1) is 0 Å². The summed E-state index contributed by atoms with van der Waals surface area (Å²) in [5, 5.41) is 14.0. The zero-order valence-corrected chi connectivity index (χ0v) is 12.5. The van der Waals surface area contributed by atoms with Gasteiger partial charge >= 0.3 is 0 Å². The van der Waals surface area contributed by atoms with Gasteiger partial charge in [-0.2, -0.15) is 10.2 Å². The molecule has 0 unspecified atom stereocenters. The average Bonchev–Trinajstić information content (AvgIpc) is 3.19. The molecular formula is C14H14N8O. The van der Waals surface area contributed by atoms with Crippen molar-refractivity contribution in [1.29, 1.82) is 0 Å². The third-order valence-electron chi connectivity index (χ3n) is 3.47. The van der Waals surface area contributed by atoms with Crippen LogP contribution in [0, 0.1) is 6.92 Å². The molecule has 0 amide bonds. The van der Waals surface area contributed by atoms with Crippen LogP contribution in [-0.2, 0) is 7.05 Å². The van der Waals surface area contributed by atoms with Gasteiger partial charge in [0.2, 0.25) is 5.95 Å². The Labute approximate surface area is 130 Å². The molecule has 0 radical (unpaired) electrons. The van der Waals surface area contributed by atoms with E-state index in [2.05, 4.69) is 30.6 Å². The van der Waals surface area contributed by atoms with Crippen LogP contribution in [0.25, 0.3) is 16.7 Å². The topological polar surface area (TPSA) is 109 Å². The van der Waals surface area contributed by atoms with Gasteiger partial charge in [-0.3, -0.25) is 19.6 Å². The fourth-order valence-electron chi connectivity index (χ4n) is 2.46. The minimum absolute atomic E-state index is 0.237. The number of aryl methyl sites for hydroxylation is 2. The molecule has 0 aromatic carbocycles. The molecule has 0 aliphatic heterocycles. The highest BCUT2D eigenvalue weighted by Crippen LogP contribution is 2.17. The van der Waals surface area contributed by atoms with Crippen LogP contribution in [0.1, 0.15) is 5.69 Å². The SMILES string of the molecule is Cc1cc(Nc2nc3ccn(-c4cnn(C)c4)c3c(=O)[nH]2)n[nH]1. The maximum absolute atomic E-state index is 12.4. The molecule has 3 N–H and O–H groups in total. The van der Waals surface area contributed by atoms with Gasteiger partial charge in [0, 0.05) is 31.2 Å². The molecule has 9 nitrogen and oxygen atoms in total. The highest BCUT2D eigenvalue weighted by molar-refractivity contribution is 5.78. The Hall–Kier alpha value is -3.36. The van der Waals surface area contributed by atoms with Crippen molar-refractivity contribution in [2.45, 2.75) is 6.92 Å². The van der Waals surface area contributed by atoms with Crippen LogP contribution in [0.15, 0.2) is 35.5 Å². The molecule has 4 aromatic rings. The van der Waals surface area contributed by atoms with Crippen molar-refractivity contribution >= 4 is 22.8 Å². The van der Waals surface area contributed by atoms with Gasteiger partial charge in [-0.25, -0.2) is 4.98 Å². The molecule has 116 valence electrons. The largest absolute Gasteiger partial charge is 0.309 e. The maximum Gasteiger partial charge on any atom is 0.277 e. The monoisotopic (exact) mass is 310 g/mol. The van der Waals surface area contributed by atoms with E-state index in [1.165, 1.54) is 0 Å². The number of hydrogen-bond acceptors (Lipinski definition) is 5. The van der Waals surface area contributed by atoms with Gasteiger partial charge in [0.25, 0.3) is 5.56 Å². The first kappa shape index (κ1) is 13.3. The molecular weight excluding hydrogens is 296 g/mol. The van der Waals surface area contributed by atoms with E-state index in [0.29, 0.717) is 22.8 Å². The summed E-state index contributed by atoms with van der Waals surface area (Å²) in [6.45, 7) is 1.89. The highest BCUT2D eigenvalue weighted by atomic mass is 16.1. The first-order valence-corrected chi connectivity index (χ1v) is 6.99. The quantitative estimate of drug-likeness (QED) is 0.527. The van der Waals surface area contributed by atoms with Crippen LogP contribution in [0.5, 0.6) is 0 Å². The Kier molecular flexibility index (Phi) is 2.80. The van der Waals surface area contributed by atoms with Crippen LogP contribution < -0.4 is 10.9 Å². The fourth-order valence-corrected chi connectivity index (χ4v) is 2.46. The van der Waals surface area contributed by atoms with Crippen molar-refractivity contribution in [3.8, 4) is 5.69 Å². The smallest absolute Gasteiger partial charge is 0.277 e. The molecule has 4 aromatic heterocycles. The number of anilines is 2. The number of aromatic nitrogens is 7. The van der Waals surface area contributed by atoms with Crippen molar-refractivity contribution in [3.63, 3.8) is 0 Å². The summed E-state index contributed by atoms with van der Waals surface area (Å²) in [5.74, 6) is 0.939. The number of rotatable bonds is 3. The van der Waals surface area contributed by atoms with Gasteiger partial charge in [0.1, 0.15) is 5.52 Å². The van der Waals surface area contributed by atoms with E-state index >= 15 is 0 Å². The number of nitrogens with one attached hydrogen (secondary N) is 3. The summed E-state index contributed by atoms with van der Waals surface area (Å²) in [6, 6.07) is 3.61. The molecule has 9 heteroatoms. The van der Waals surface area contributed by atoms with Gasteiger partial charge in [0.05, 0.1) is 17.4 Å². The zero-order chi connectivity index (χ0) is 16.0. The Morgan fingerprint density at radius 1 is 1.35 bits per heavy atom. The van der Waals surface area contributed by atoms with Crippen LogP contribution in [0.4, 0.5) is 11.8 Å². The molecule has 23 heavy (non-hydrogen) atoms. The highest BCUT2D eigenvalue weighted by Gasteiger charge is 2.12. The van der Waals surface area contributed by atoms with Gasteiger partial charge in [-0.05, 0) is 13.0 Å². The Morgan fingerprint density at radius 3 is 2.91 bits per heavy atom. The average molecular weight is 310 g/mol. The Balaban J connectivity index is 1.79. The summed E-state index contributed by atoms with van der Waals surface area (Å²) in [4.78, 5) is 19.6. The molecule has 0 aliphatic rings. The molecule has 0 spiro atoms. The molecule has 0 aliphatic carbocycles. The van der Waals surface area contributed by atoms with Crippen molar-refractivity contribution in [2.75, 3.05) is 5.32 Å². The van der Waals surface area contributed by atoms with Crippen LogP contribution in [-0.4, -0.2) is 34.5 Å². The van der Waals surface area contributed by atoms with Gasteiger partial charge in [-0.1, -0.05) is 0 Å². The van der Waals surface area contributed by atoms with Crippen molar-refractivity contribution in [1.82, 2.24) is 34.5 Å². The predicted octanol–water partition coefficient (Wildman–Crippen LogP) is 1.22. The number of nitrogens with zero attached hydrogens (tertiary/aromatic N) is 5. The third kappa shape index (κ3) is 2.27. The van der Waals surface area contributed by atoms with Crippen molar-refractivity contribution in [2.24, 2.45) is 7.05 Å². The predicted molar refractivity (Wildman–Crippen MR) is 85.1 cm³/mol. The summed E-state index contributed by atoms with van der Waals surface area (Å²) < 4.78 is 3.44. The van der Waals surface area contributed by atoms with E-state index in [4.69, 9.17) is 0 Å². The van der Waals surface area contributed by atoms with Gasteiger partial charge in [0.15, 0.2) is 5.82 Å². The van der Waals surface area contributed by atoms with E-state index in [9.17, 15) is 4.79 Å². The van der Waals surface area contributed by atoms with E-state index < -0.39 is 0 Å². The zero-order valence-electron chi connectivity index (χ0n) is 12.5. The molecule has 0 fully saturated rings. The number of fused-ring (bicyclic) bond motifs is 1. The fraction of sp³-hybridized carbons (Fsp3) is 0.143. The lowest BCUT2D eigenvalue weighted by molar-refractivity contribution is 0.767. The summed E-state index contributed by atoms with van der Waals surface area (Å²) in [7, 11) is 1.82. The summed E-state index contributed by atoms with van der Waals surface area (Å²) in [6.07, 6.45) is 5.32. The second-order valence-corrected chi connectivity index (χ2v) is 5.27. The lowest BCUT2D eigenvalue weighted by Gasteiger charge is -2.03. The lowest BCUT2D eigenvalue weighted by atomic mass is 10.4. The number of aromatic amines is 2. The van der Waals surface area contributed by atoms with Crippen LogP contribution in [0.3, 0.4) is 0 Å². The van der Waals surface area contributed by atoms with E-state index in [1.807, 2.05) is 26.2 Å². The first-order chi connectivity index (χ1) is 11.1. The molecule has 4 heterocycles. The van der Waals surface area contributed by atoms with Crippen LogP contribution >= 0.6 is 0 Å². The van der Waals surface area contributed by atoms with E-state index in [0.717, 1.165) is 11.4 Å². The van der Waals surface area contributed by atoms with Crippen LogP contribution in [0.2, 0.25) is 0 Å². The minimum Gasteiger partial charge on any atom is -0.309 e. The second kappa shape index (κ2) is 4.83. The number of hydrogen-bond donors (Lipinski definition) is 3. The maximum atomic E-state index is 12.4. The normalized spacial score (nSPS) is 11.2. The third-order valence-corrected chi connectivity index (χ3v) is 3.47. The standard InChI is InChI=1S/C14H14N8O/c1-8-5-11(20-19-8)17-14-16-10-3-4-22(12(10)13(23)18-14)9-6-15-21(2)7-9/h3-7H,1-2H3,(H3,16,17,18,19,20,23). The molecule has 0 atom stereocenters. The van der Waals surface area contributed by atoms with Crippen molar-refractivity contribution in [3.05, 3.63) is 46.8 Å². The molecule has 0 bridgehead atoms. The lowest BCUT2D eigenvalue weighted by Crippen LogP contribution is -2.13.